The Morgan fingerprint density at radius 2 is 1.22 bits per heavy atom. The highest BCUT2D eigenvalue weighted by Gasteiger charge is 2.23. The first-order valence-corrected chi connectivity index (χ1v) is 17.3. The number of benzene rings is 6. The second-order valence-corrected chi connectivity index (χ2v) is 13.0. The zero-order chi connectivity index (χ0) is 33.0. The molecule has 0 amide bonds. The van der Waals surface area contributed by atoms with Crippen molar-refractivity contribution in [3.8, 4) is 11.4 Å². The number of aryl methyl sites for hydroxylation is 1. The molecule has 5 nitrogen and oxygen atoms in total. The Hall–Kier alpha value is -6.46. The third-order valence-electron chi connectivity index (χ3n) is 10.0. The molecule has 1 atom stereocenters. The van der Waals surface area contributed by atoms with Gasteiger partial charge in [0.2, 0.25) is 0 Å². The van der Waals surface area contributed by atoms with Gasteiger partial charge >= 0.3 is 0 Å². The highest BCUT2D eigenvalue weighted by molar-refractivity contribution is 6.13. The van der Waals surface area contributed by atoms with Gasteiger partial charge in [-0.15, -0.1) is 0 Å². The van der Waals surface area contributed by atoms with E-state index in [1.54, 1.807) is 0 Å². The Labute approximate surface area is 290 Å². The predicted octanol–water partition coefficient (Wildman–Crippen LogP) is 10.2. The van der Waals surface area contributed by atoms with Crippen molar-refractivity contribution in [1.82, 2.24) is 14.5 Å². The van der Waals surface area contributed by atoms with Crippen LogP contribution in [0.1, 0.15) is 40.5 Å². The van der Waals surface area contributed by atoms with E-state index in [0.29, 0.717) is 5.84 Å². The van der Waals surface area contributed by atoms with Crippen LogP contribution < -0.4 is 5.32 Å². The Bertz CT molecular complexity index is 2620. The van der Waals surface area contributed by atoms with Crippen LogP contribution >= 0.6 is 0 Å². The molecule has 10 rings (SSSR count). The van der Waals surface area contributed by atoms with Crippen LogP contribution in [0.2, 0.25) is 0 Å². The average Bonchev–Trinajstić information content (AvgIpc) is 3.71. The Morgan fingerprint density at radius 3 is 2.00 bits per heavy atom. The number of amidine groups is 2. The molecule has 0 bridgehead atoms. The summed E-state index contributed by atoms with van der Waals surface area (Å²) in [6.45, 7) is 0. The van der Waals surface area contributed by atoms with Crippen LogP contribution in [0.5, 0.6) is 0 Å². The minimum atomic E-state index is -0.245. The largest absolute Gasteiger partial charge is 0.344 e. The van der Waals surface area contributed by atoms with Crippen molar-refractivity contribution in [3.05, 3.63) is 186 Å². The van der Waals surface area contributed by atoms with Gasteiger partial charge in [-0.1, -0.05) is 115 Å². The van der Waals surface area contributed by atoms with Crippen molar-refractivity contribution in [1.29, 1.82) is 0 Å². The van der Waals surface area contributed by atoms with Crippen LogP contribution in [0, 0.1) is 0 Å². The number of fused-ring (bicyclic) bond motifs is 6. The van der Waals surface area contributed by atoms with Crippen molar-refractivity contribution in [2.24, 2.45) is 9.98 Å². The molecule has 0 spiro atoms. The number of allylic oxidation sites excluding steroid dienone is 1. The number of nitrogens with zero attached hydrogens (tertiary/aromatic N) is 4. The topological polar surface area (TPSA) is 46.6 Å². The van der Waals surface area contributed by atoms with E-state index in [1.807, 2.05) is 24.3 Å². The number of aromatic nitrogens is 2. The van der Waals surface area contributed by atoms with E-state index in [2.05, 4.69) is 154 Å². The van der Waals surface area contributed by atoms with Crippen molar-refractivity contribution in [2.75, 3.05) is 0 Å². The molecular weight excluding hydrogens is 611 g/mol. The van der Waals surface area contributed by atoms with E-state index < -0.39 is 0 Å². The molecule has 2 aromatic heterocycles. The summed E-state index contributed by atoms with van der Waals surface area (Å²) in [6.07, 6.45) is 6.39. The number of rotatable bonds is 5. The van der Waals surface area contributed by atoms with E-state index in [0.717, 1.165) is 41.1 Å². The minimum absolute atomic E-state index is 0.245. The van der Waals surface area contributed by atoms with Crippen LogP contribution in [0.15, 0.2) is 168 Å². The van der Waals surface area contributed by atoms with Gasteiger partial charge in [0.25, 0.3) is 0 Å². The number of para-hydroxylation sites is 2. The summed E-state index contributed by atoms with van der Waals surface area (Å²) >= 11 is 0. The second-order valence-electron chi connectivity index (χ2n) is 13.0. The zero-order valence-corrected chi connectivity index (χ0v) is 27.4. The first-order valence-electron chi connectivity index (χ1n) is 17.3. The lowest BCUT2D eigenvalue weighted by Crippen LogP contribution is -2.33. The summed E-state index contributed by atoms with van der Waals surface area (Å²) in [7, 11) is 0. The van der Waals surface area contributed by atoms with Crippen molar-refractivity contribution >= 4 is 50.5 Å². The molecule has 238 valence electrons. The third kappa shape index (κ3) is 4.62. The fraction of sp³-hybridized carbons (Fsp3) is 0.0667. The molecule has 1 N–H and O–H groups in total. The molecule has 5 heteroatoms. The summed E-state index contributed by atoms with van der Waals surface area (Å²) in [5.74, 6) is 1.53. The molecule has 1 aliphatic carbocycles. The number of aliphatic imine (C=N–C) groups is 2. The lowest BCUT2D eigenvalue weighted by Gasteiger charge is -2.24. The van der Waals surface area contributed by atoms with Crippen LogP contribution in [0.25, 0.3) is 50.2 Å². The van der Waals surface area contributed by atoms with Gasteiger partial charge in [0.1, 0.15) is 12.0 Å². The maximum atomic E-state index is 5.15. The summed E-state index contributed by atoms with van der Waals surface area (Å²) in [5.41, 5.74) is 11.7. The van der Waals surface area contributed by atoms with Gasteiger partial charge < -0.3 is 14.5 Å². The fourth-order valence-electron chi connectivity index (χ4n) is 7.75. The van der Waals surface area contributed by atoms with Crippen LogP contribution in [0.4, 0.5) is 0 Å². The van der Waals surface area contributed by atoms with Gasteiger partial charge in [-0.3, -0.25) is 0 Å². The first kappa shape index (κ1) is 28.5. The fourth-order valence-corrected chi connectivity index (χ4v) is 7.75. The molecule has 0 radical (unpaired) electrons. The van der Waals surface area contributed by atoms with Gasteiger partial charge in [0, 0.05) is 44.4 Å². The predicted molar refractivity (Wildman–Crippen MR) is 207 cm³/mol. The quantitative estimate of drug-likeness (QED) is 0.199. The standard InChI is InChI=1S/C45H33N5/c1-3-14-30(15-4-1)43-46-44(31-16-5-2-6-17-31)48-45(47-43)32-18-13-19-33(28-32)49-41-25-12-9-22-37(41)38-29-34(26-27-42(38)49)50-39-23-10-7-20-35(39)36-21-8-11-24-40(36)50/h1-8,10-21,23-29,43H,9,22H2,(H,46,47,48). The Kier molecular flexibility index (Phi) is 6.62. The molecule has 50 heavy (non-hydrogen) atoms. The molecule has 1 aliphatic heterocycles. The van der Waals surface area contributed by atoms with Crippen LogP contribution in [0.3, 0.4) is 0 Å². The number of hydrogen-bond donors (Lipinski definition) is 1. The highest BCUT2D eigenvalue weighted by Crippen LogP contribution is 2.38. The van der Waals surface area contributed by atoms with Crippen LogP contribution in [-0.2, 0) is 6.42 Å². The van der Waals surface area contributed by atoms with Crippen molar-refractivity contribution < 1.29 is 0 Å². The normalized spacial score (nSPS) is 15.6. The summed E-state index contributed by atoms with van der Waals surface area (Å²) in [5, 5.41) is 7.42. The van der Waals surface area contributed by atoms with Gasteiger partial charge in [0.15, 0.2) is 5.84 Å². The molecule has 8 aromatic rings. The molecule has 2 aliphatic rings. The van der Waals surface area contributed by atoms with E-state index in [9.17, 15) is 0 Å². The zero-order valence-electron chi connectivity index (χ0n) is 27.4. The Balaban J connectivity index is 1.13. The highest BCUT2D eigenvalue weighted by atomic mass is 15.2. The van der Waals surface area contributed by atoms with E-state index in [1.165, 1.54) is 49.7 Å². The van der Waals surface area contributed by atoms with E-state index in [4.69, 9.17) is 9.98 Å². The SMILES string of the molecule is C1=Cc2c(c3cc(-n4c5ccccc5c5ccccc54)ccc3n2-c2cccc(C3=NC(c4ccccc4)NC(c4ccccc4)=N3)c2)CC1. The van der Waals surface area contributed by atoms with Crippen molar-refractivity contribution in [3.63, 3.8) is 0 Å². The monoisotopic (exact) mass is 643 g/mol. The molecule has 0 saturated carbocycles. The summed E-state index contributed by atoms with van der Waals surface area (Å²) in [4.78, 5) is 10.2. The molecular formula is C45H33N5. The maximum Gasteiger partial charge on any atom is 0.159 e. The van der Waals surface area contributed by atoms with Crippen molar-refractivity contribution in [2.45, 2.75) is 19.0 Å². The van der Waals surface area contributed by atoms with Gasteiger partial charge in [-0.25, -0.2) is 9.98 Å². The Morgan fingerprint density at radius 1 is 0.560 bits per heavy atom. The number of hydrogen-bond acceptors (Lipinski definition) is 3. The smallest absolute Gasteiger partial charge is 0.159 e. The minimum Gasteiger partial charge on any atom is -0.344 e. The summed E-state index contributed by atoms with van der Waals surface area (Å²) in [6, 6.07) is 53.8. The third-order valence-corrected chi connectivity index (χ3v) is 10.0. The molecule has 1 unspecified atom stereocenters. The van der Waals surface area contributed by atoms with Gasteiger partial charge in [-0.2, -0.15) is 0 Å². The molecule has 3 heterocycles. The lowest BCUT2D eigenvalue weighted by atomic mass is 10.0. The average molecular weight is 644 g/mol. The number of nitrogens with one attached hydrogen (secondary N) is 1. The molecule has 6 aromatic carbocycles. The first-order chi connectivity index (χ1) is 24.8. The van der Waals surface area contributed by atoms with E-state index in [-0.39, 0.29) is 6.17 Å². The second kappa shape index (κ2) is 11.6. The molecule has 0 fully saturated rings. The van der Waals surface area contributed by atoms with Gasteiger partial charge in [0.05, 0.1) is 16.6 Å². The van der Waals surface area contributed by atoms with Gasteiger partial charge in [-0.05, 0) is 72.5 Å². The maximum absolute atomic E-state index is 5.15. The van der Waals surface area contributed by atoms with Crippen LogP contribution in [-0.4, -0.2) is 20.8 Å². The summed E-state index contributed by atoms with van der Waals surface area (Å²) < 4.78 is 4.82. The van der Waals surface area contributed by atoms with E-state index >= 15 is 0 Å². The molecule has 0 saturated heterocycles. The lowest BCUT2D eigenvalue weighted by molar-refractivity contribution is 0.674.